The number of hydrogen-bond donors (Lipinski definition) is 3. The molecule has 0 spiro atoms. The molecule has 0 unspecified atom stereocenters. The van der Waals surface area contributed by atoms with Crippen molar-refractivity contribution in [2.45, 2.75) is 52.7 Å². The number of aliphatic hydroxyl groups excluding tert-OH is 1. The molecule has 3 heterocycles. The van der Waals surface area contributed by atoms with Gasteiger partial charge in [-0.3, -0.25) is 9.69 Å². The van der Waals surface area contributed by atoms with E-state index in [2.05, 4.69) is 88.3 Å². The van der Waals surface area contributed by atoms with Crippen molar-refractivity contribution < 1.29 is 14.7 Å². The summed E-state index contributed by atoms with van der Waals surface area (Å²) in [5, 5.41) is 16.7. The minimum Gasteiger partial charge on any atom is -0.393 e. The molecule has 1 amide bonds. The lowest BCUT2D eigenvalue weighted by Crippen LogP contribution is -2.35. The number of anilines is 3. The van der Waals surface area contributed by atoms with E-state index in [4.69, 9.17) is 4.79 Å². The fourth-order valence-electron chi connectivity index (χ4n) is 5.23. The molecule has 1 saturated heterocycles. The average molecular weight is 615 g/mol. The Labute approximate surface area is 268 Å². The molecule has 242 valence electrons. The number of benzene rings is 2. The van der Waals surface area contributed by atoms with E-state index in [9.17, 15) is 9.90 Å². The monoisotopic (exact) mass is 614 g/mol. The van der Waals surface area contributed by atoms with Crippen LogP contribution in [0.4, 0.5) is 17.2 Å². The molecule has 0 radical (unpaired) electrons. The minimum absolute atomic E-state index is 0.174. The molecule has 4 aromatic rings. The first-order chi connectivity index (χ1) is 21.6. The van der Waals surface area contributed by atoms with E-state index in [0.29, 0.717) is 11.4 Å². The molecule has 3 N–H and O–H groups in total. The second-order valence-corrected chi connectivity index (χ2v) is 12.7. The van der Waals surface area contributed by atoms with Gasteiger partial charge in [-0.15, -0.1) is 0 Å². The quantitative estimate of drug-likeness (QED) is 0.224. The molecule has 45 heavy (non-hydrogen) atoms. The molecule has 2 aromatic heterocycles. The third-order valence-electron chi connectivity index (χ3n) is 7.74. The standard InChI is InChI=1S/C33H41N5O2.C2H7N.CH2O/c1-33(2,3)15-20-38(27-9-10-30-26(21-27)12-17-36(30)4)28-11-16-34-31(22-28)35-32(40)25-7-5-24(6-8-25)23-37-18-13-29(39)14-19-37;1-3-2;1-2/h5-12,16-17,21-22,29,39H,13-15,18-20,23H2,1-4H3,(H,34,35,40);3H,1-2H3;1H2. The summed E-state index contributed by atoms with van der Waals surface area (Å²) in [6.45, 7) is 12.2. The molecule has 1 aliphatic heterocycles. The van der Waals surface area contributed by atoms with Gasteiger partial charge in [0.05, 0.1) is 6.10 Å². The summed E-state index contributed by atoms with van der Waals surface area (Å²) >= 11 is 0. The summed E-state index contributed by atoms with van der Waals surface area (Å²) in [5.41, 5.74) is 5.25. The summed E-state index contributed by atoms with van der Waals surface area (Å²) in [6.07, 6.45) is 6.32. The van der Waals surface area contributed by atoms with E-state index in [1.807, 2.05) is 57.3 Å². The summed E-state index contributed by atoms with van der Waals surface area (Å²) in [5.74, 6) is 0.351. The number of aryl methyl sites for hydroxylation is 1. The summed E-state index contributed by atoms with van der Waals surface area (Å²) in [7, 11) is 5.81. The normalized spacial score (nSPS) is 13.8. The van der Waals surface area contributed by atoms with Gasteiger partial charge in [-0.1, -0.05) is 32.9 Å². The van der Waals surface area contributed by atoms with E-state index >= 15 is 0 Å². The van der Waals surface area contributed by atoms with Crippen LogP contribution in [0.25, 0.3) is 10.9 Å². The van der Waals surface area contributed by atoms with Crippen LogP contribution in [-0.2, 0) is 18.4 Å². The molecule has 0 aliphatic carbocycles. The maximum absolute atomic E-state index is 13.1. The van der Waals surface area contributed by atoms with Crippen LogP contribution < -0.4 is 15.5 Å². The van der Waals surface area contributed by atoms with Gasteiger partial charge in [-0.2, -0.15) is 0 Å². The number of hydrogen-bond acceptors (Lipinski definition) is 7. The molecular formula is C36H50N6O3. The minimum atomic E-state index is -0.177. The number of fused-ring (bicyclic) bond motifs is 1. The number of piperidine rings is 1. The molecule has 9 heteroatoms. The largest absolute Gasteiger partial charge is 0.393 e. The van der Waals surface area contributed by atoms with Gasteiger partial charge < -0.3 is 30.0 Å². The first kappa shape index (κ1) is 35.4. The van der Waals surface area contributed by atoms with Crippen LogP contribution in [0.5, 0.6) is 0 Å². The third kappa shape index (κ3) is 10.5. The highest BCUT2D eigenvalue weighted by Crippen LogP contribution is 2.32. The highest BCUT2D eigenvalue weighted by Gasteiger charge is 2.19. The first-order valence-corrected chi connectivity index (χ1v) is 15.5. The van der Waals surface area contributed by atoms with Crippen LogP contribution in [0, 0.1) is 5.41 Å². The fourth-order valence-corrected chi connectivity index (χ4v) is 5.23. The Morgan fingerprint density at radius 3 is 2.29 bits per heavy atom. The zero-order valence-corrected chi connectivity index (χ0v) is 27.7. The maximum atomic E-state index is 13.1. The highest BCUT2D eigenvalue weighted by molar-refractivity contribution is 6.04. The lowest BCUT2D eigenvalue weighted by molar-refractivity contribution is -0.0980. The molecule has 1 aliphatic rings. The van der Waals surface area contributed by atoms with Crippen molar-refractivity contribution in [3.63, 3.8) is 0 Å². The van der Waals surface area contributed by atoms with Crippen molar-refractivity contribution in [1.82, 2.24) is 19.8 Å². The number of aromatic nitrogens is 2. The molecule has 5 rings (SSSR count). The van der Waals surface area contributed by atoms with Crippen LogP contribution in [0.15, 0.2) is 73.1 Å². The first-order valence-electron chi connectivity index (χ1n) is 15.5. The Kier molecular flexibility index (Phi) is 13.3. The molecular weight excluding hydrogens is 564 g/mol. The van der Waals surface area contributed by atoms with Gasteiger partial charge >= 0.3 is 0 Å². The van der Waals surface area contributed by atoms with Crippen molar-refractivity contribution in [2.75, 3.05) is 43.9 Å². The zero-order valence-electron chi connectivity index (χ0n) is 27.7. The number of carbonyl (C=O) groups is 2. The molecule has 0 atom stereocenters. The number of amides is 1. The number of pyridine rings is 1. The molecule has 0 bridgehead atoms. The number of rotatable bonds is 8. The number of nitrogens with one attached hydrogen (secondary N) is 2. The van der Waals surface area contributed by atoms with Crippen LogP contribution in [0.3, 0.4) is 0 Å². The Balaban J connectivity index is 0.00000104. The zero-order chi connectivity index (χ0) is 33.0. The number of nitrogens with zero attached hydrogens (tertiary/aromatic N) is 4. The second kappa shape index (κ2) is 16.9. The predicted octanol–water partition coefficient (Wildman–Crippen LogP) is 6.01. The summed E-state index contributed by atoms with van der Waals surface area (Å²) in [6, 6.07) is 20.4. The van der Waals surface area contributed by atoms with Crippen molar-refractivity contribution in [3.8, 4) is 0 Å². The van der Waals surface area contributed by atoms with E-state index in [1.54, 1.807) is 6.20 Å². The highest BCUT2D eigenvalue weighted by atomic mass is 16.3. The smallest absolute Gasteiger partial charge is 0.256 e. The van der Waals surface area contributed by atoms with Gasteiger partial charge in [0.25, 0.3) is 5.91 Å². The van der Waals surface area contributed by atoms with Crippen LogP contribution >= 0.6 is 0 Å². The Morgan fingerprint density at radius 2 is 1.64 bits per heavy atom. The average Bonchev–Trinajstić information content (AvgIpc) is 3.39. The maximum Gasteiger partial charge on any atom is 0.256 e. The van der Waals surface area contributed by atoms with Gasteiger partial charge in [0.1, 0.15) is 12.6 Å². The van der Waals surface area contributed by atoms with E-state index in [-0.39, 0.29) is 17.4 Å². The Bertz CT molecular complexity index is 1490. The molecule has 9 nitrogen and oxygen atoms in total. The summed E-state index contributed by atoms with van der Waals surface area (Å²) in [4.78, 5) is 30.2. The SMILES string of the molecule is C=O.CNC.Cn1ccc2cc(N(CCC(C)(C)C)c3ccnc(NC(=O)c4ccc(CN5CCC(O)CC5)cc4)c3)ccc21. The number of carbonyl (C=O) groups excluding carboxylic acids is 2. The van der Waals surface area contributed by atoms with Crippen LogP contribution in [0.1, 0.15) is 56.0 Å². The van der Waals surface area contributed by atoms with Crippen LogP contribution in [-0.4, -0.2) is 72.1 Å². The van der Waals surface area contributed by atoms with Gasteiger partial charge in [0.15, 0.2) is 0 Å². The van der Waals surface area contributed by atoms with Crippen molar-refractivity contribution in [2.24, 2.45) is 12.5 Å². The second-order valence-electron chi connectivity index (χ2n) is 12.7. The Hall–Kier alpha value is -4.05. The van der Waals surface area contributed by atoms with E-state index < -0.39 is 0 Å². The van der Waals surface area contributed by atoms with Crippen molar-refractivity contribution >= 4 is 40.8 Å². The van der Waals surface area contributed by atoms with Gasteiger partial charge in [-0.05, 0) is 86.8 Å². The fraction of sp³-hybridized carbons (Fsp3) is 0.417. The van der Waals surface area contributed by atoms with E-state index in [0.717, 1.165) is 62.4 Å². The summed E-state index contributed by atoms with van der Waals surface area (Å²) < 4.78 is 2.13. The van der Waals surface area contributed by atoms with Crippen molar-refractivity contribution in [1.29, 1.82) is 0 Å². The Morgan fingerprint density at radius 1 is 1.00 bits per heavy atom. The number of likely N-dealkylation sites (tertiary alicyclic amines) is 1. The van der Waals surface area contributed by atoms with Gasteiger partial charge in [-0.25, -0.2) is 4.98 Å². The lowest BCUT2D eigenvalue weighted by Gasteiger charge is -2.29. The van der Waals surface area contributed by atoms with Gasteiger partial charge in [0, 0.05) is 79.5 Å². The number of aliphatic hydroxyl groups is 1. The molecule has 2 aromatic carbocycles. The van der Waals surface area contributed by atoms with Crippen molar-refractivity contribution in [3.05, 3.63) is 84.2 Å². The third-order valence-corrected chi connectivity index (χ3v) is 7.74. The predicted molar refractivity (Wildman–Crippen MR) is 185 cm³/mol. The van der Waals surface area contributed by atoms with E-state index in [1.165, 1.54) is 10.9 Å². The lowest BCUT2D eigenvalue weighted by atomic mass is 9.92. The molecule has 1 fully saturated rings. The van der Waals surface area contributed by atoms with Crippen LogP contribution in [0.2, 0.25) is 0 Å². The molecule has 0 saturated carbocycles. The topological polar surface area (TPSA) is 103 Å². The van der Waals surface area contributed by atoms with Gasteiger partial charge in [0.2, 0.25) is 0 Å².